The zero-order chi connectivity index (χ0) is 20.8. The Kier molecular flexibility index (Phi) is 6.88. The fourth-order valence-corrected chi connectivity index (χ4v) is 3.48. The molecule has 1 aliphatic rings. The highest BCUT2D eigenvalue weighted by Gasteiger charge is 2.19. The molecule has 0 spiro atoms. The van der Waals surface area contributed by atoms with E-state index in [1.54, 1.807) is 31.2 Å². The maximum absolute atomic E-state index is 12.5. The average Bonchev–Trinajstić information content (AvgIpc) is 2.75. The average molecular weight is 395 g/mol. The first-order chi connectivity index (χ1) is 14.0. The Morgan fingerprint density at radius 1 is 1.03 bits per heavy atom. The molecular formula is C23H30N4O2. The van der Waals surface area contributed by atoms with Crippen molar-refractivity contribution in [1.29, 1.82) is 0 Å². The van der Waals surface area contributed by atoms with Crippen LogP contribution in [0.25, 0.3) is 0 Å². The molecule has 0 saturated carbocycles. The van der Waals surface area contributed by atoms with Gasteiger partial charge in [-0.05, 0) is 56.3 Å². The molecule has 1 heterocycles. The zero-order valence-corrected chi connectivity index (χ0v) is 17.4. The lowest BCUT2D eigenvalue weighted by Crippen LogP contribution is -2.46. The minimum atomic E-state index is -0.635. The second-order valence-corrected chi connectivity index (χ2v) is 7.47. The van der Waals surface area contributed by atoms with Crippen molar-refractivity contribution in [2.45, 2.75) is 26.8 Å². The maximum atomic E-state index is 12.5. The first-order valence-electron chi connectivity index (χ1n) is 10.2. The van der Waals surface area contributed by atoms with E-state index in [9.17, 15) is 9.59 Å². The number of amides is 2. The minimum Gasteiger partial charge on any atom is -0.369 e. The molecule has 1 unspecified atom stereocenters. The van der Waals surface area contributed by atoms with Crippen molar-refractivity contribution in [3.63, 3.8) is 0 Å². The number of likely N-dealkylation sites (N-methyl/N-ethyl adjacent to an activating group) is 1. The van der Waals surface area contributed by atoms with Crippen LogP contribution in [0.5, 0.6) is 0 Å². The Labute approximate surface area is 172 Å². The predicted octanol–water partition coefficient (Wildman–Crippen LogP) is 2.89. The van der Waals surface area contributed by atoms with Crippen molar-refractivity contribution in [3.8, 4) is 0 Å². The van der Waals surface area contributed by atoms with Gasteiger partial charge in [-0.25, -0.2) is 0 Å². The summed E-state index contributed by atoms with van der Waals surface area (Å²) in [6.07, 6.45) is 0. The van der Waals surface area contributed by atoms with Gasteiger partial charge in [0.05, 0.1) is 0 Å². The molecule has 6 nitrogen and oxygen atoms in total. The summed E-state index contributed by atoms with van der Waals surface area (Å²) in [5, 5.41) is 5.68. The van der Waals surface area contributed by atoms with Crippen molar-refractivity contribution in [3.05, 3.63) is 59.7 Å². The van der Waals surface area contributed by atoms with Crippen LogP contribution in [-0.4, -0.2) is 55.5 Å². The monoisotopic (exact) mass is 394 g/mol. The summed E-state index contributed by atoms with van der Waals surface area (Å²) in [5.74, 6) is -0.492. The largest absolute Gasteiger partial charge is 0.369 e. The molecule has 154 valence electrons. The Morgan fingerprint density at radius 2 is 1.72 bits per heavy atom. The third-order valence-electron chi connectivity index (χ3n) is 5.43. The van der Waals surface area contributed by atoms with E-state index in [0.29, 0.717) is 5.56 Å². The number of anilines is 2. The summed E-state index contributed by atoms with van der Waals surface area (Å²) in [5.41, 5.74) is 3.50. The van der Waals surface area contributed by atoms with Gasteiger partial charge in [0.1, 0.15) is 6.04 Å². The molecule has 2 aromatic rings. The van der Waals surface area contributed by atoms with Gasteiger partial charge in [0, 0.05) is 43.1 Å². The molecule has 0 radical (unpaired) electrons. The molecule has 2 aromatic carbocycles. The van der Waals surface area contributed by atoms with E-state index in [0.717, 1.165) is 44.0 Å². The van der Waals surface area contributed by atoms with Crippen LogP contribution in [0.2, 0.25) is 0 Å². The van der Waals surface area contributed by atoms with Crippen molar-refractivity contribution in [2.75, 3.05) is 42.9 Å². The maximum Gasteiger partial charge on any atom is 0.251 e. The number of carbonyl (C=O) groups excluding carboxylic acids is 2. The molecule has 0 aromatic heterocycles. The highest BCUT2D eigenvalue weighted by atomic mass is 16.2. The van der Waals surface area contributed by atoms with Crippen LogP contribution in [0, 0.1) is 6.92 Å². The lowest BCUT2D eigenvalue weighted by atomic mass is 10.1. The number of aryl methyl sites for hydroxylation is 1. The van der Waals surface area contributed by atoms with Crippen LogP contribution in [0.15, 0.2) is 48.5 Å². The summed E-state index contributed by atoms with van der Waals surface area (Å²) in [4.78, 5) is 29.6. The van der Waals surface area contributed by atoms with Crippen molar-refractivity contribution in [2.24, 2.45) is 0 Å². The van der Waals surface area contributed by atoms with Gasteiger partial charge in [-0.3, -0.25) is 9.59 Å². The number of rotatable bonds is 6. The summed E-state index contributed by atoms with van der Waals surface area (Å²) < 4.78 is 0. The second kappa shape index (κ2) is 9.56. The van der Waals surface area contributed by atoms with Crippen LogP contribution in [0.4, 0.5) is 11.4 Å². The summed E-state index contributed by atoms with van der Waals surface area (Å²) >= 11 is 0. The summed E-state index contributed by atoms with van der Waals surface area (Å²) in [6.45, 7) is 11.2. The van der Waals surface area contributed by atoms with Gasteiger partial charge in [-0.2, -0.15) is 0 Å². The van der Waals surface area contributed by atoms with E-state index in [2.05, 4.69) is 39.5 Å². The van der Waals surface area contributed by atoms with Crippen molar-refractivity contribution >= 4 is 23.2 Å². The number of piperazine rings is 1. The molecule has 2 amide bonds. The SMILES string of the molecule is CCN1CCN(c2ccc(NC(=O)C(C)NC(=O)c3ccccc3)c(C)c2)CC1. The quantitative estimate of drug-likeness (QED) is 0.791. The number of nitrogens with one attached hydrogen (secondary N) is 2. The lowest BCUT2D eigenvalue weighted by molar-refractivity contribution is -0.117. The fraction of sp³-hybridized carbons (Fsp3) is 0.391. The Bertz CT molecular complexity index is 845. The first-order valence-corrected chi connectivity index (χ1v) is 10.2. The van der Waals surface area contributed by atoms with E-state index < -0.39 is 6.04 Å². The molecule has 29 heavy (non-hydrogen) atoms. The highest BCUT2D eigenvalue weighted by molar-refractivity contribution is 6.01. The van der Waals surface area contributed by atoms with Crippen LogP contribution in [0.1, 0.15) is 29.8 Å². The molecule has 0 aliphatic carbocycles. The normalized spacial score (nSPS) is 15.6. The molecule has 0 bridgehead atoms. The smallest absolute Gasteiger partial charge is 0.251 e. The fourth-order valence-electron chi connectivity index (χ4n) is 3.48. The van der Waals surface area contributed by atoms with Crippen LogP contribution < -0.4 is 15.5 Å². The Balaban J connectivity index is 1.58. The van der Waals surface area contributed by atoms with Gasteiger partial charge in [-0.1, -0.05) is 25.1 Å². The first kappa shape index (κ1) is 20.9. The highest BCUT2D eigenvalue weighted by Crippen LogP contribution is 2.24. The Hall–Kier alpha value is -2.86. The molecule has 1 fully saturated rings. The Morgan fingerprint density at radius 3 is 2.34 bits per heavy atom. The van der Waals surface area contributed by atoms with E-state index in [1.807, 2.05) is 19.1 Å². The molecule has 1 saturated heterocycles. The number of benzene rings is 2. The van der Waals surface area contributed by atoms with Crippen LogP contribution >= 0.6 is 0 Å². The van der Waals surface area contributed by atoms with Gasteiger partial charge < -0.3 is 20.4 Å². The minimum absolute atomic E-state index is 0.235. The molecular weight excluding hydrogens is 364 g/mol. The predicted molar refractivity (Wildman–Crippen MR) is 118 cm³/mol. The van der Waals surface area contributed by atoms with Crippen molar-refractivity contribution < 1.29 is 9.59 Å². The van der Waals surface area contributed by atoms with E-state index in [-0.39, 0.29) is 11.8 Å². The standard InChI is InChI=1S/C23H30N4O2/c1-4-26-12-14-27(15-13-26)20-10-11-21(17(2)16-20)25-22(28)18(3)24-23(29)19-8-6-5-7-9-19/h5-11,16,18H,4,12-15H2,1-3H3,(H,24,29)(H,25,28). The molecule has 6 heteroatoms. The van der Waals surface area contributed by atoms with E-state index in [4.69, 9.17) is 0 Å². The van der Waals surface area contributed by atoms with Gasteiger partial charge in [0.2, 0.25) is 5.91 Å². The van der Waals surface area contributed by atoms with Gasteiger partial charge in [-0.15, -0.1) is 0 Å². The number of nitrogens with zero attached hydrogens (tertiary/aromatic N) is 2. The third-order valence-corrected chi connectivity index (χ3v) is 5.43. The van der Waals surface area contributed by atoms with Gasteiger partial charge in [0.15, 0.2) is 0 Å². The second-order valence-electron chi connectivity index (χ2n) is 7.47. The number of hydrogen-bond donors (Lipinski definition) is 2. The summed E-state index contributed by atoms with van der Waals surface area (Å²) in [6, 6.07) is 14.4. The van der Waals surface area contributed by atoms with Gasteiger partial charge in [0.25, 0.3) is 5.91 Å². The number of hydrogen-bond acceptors (Lipinski definition) is 4. The van der Waals surface area contributed by atoms with Crippen LogP contribution in [-0.2, 0) is 4.79 Å². The van der Waals surface area contributed by atoms with Gasteiger partial charge >= 0.3 is 0 Å². The third kappa shape index (κ3) is 5.35. The topological polar surface area (TPSA) is 64.7 Å². The zero-order valence-electron chi connectivity index (χ0n) is 17.4. The number of carbonyl (C=O) groups is 2. The van der Waals surface area contributed by atoms with Crippen LogP contribution in [0.3, 0.4) is 0 Å². The van der Waals surface area contributed by atoms with Crippen molar-refractivity contribution in [1.82, 2.24) is 10.2 Å². The lowest BCUT2D eigenvalue weighted by Gasteiger charge is -2.35. The van der Waals surface area contributed by atoms with E-state index in [1.165, 1.54) is 5.69 Å². The van der Waals surface area contributed by atoms with E-state index >= 15 is 0 Å². The molecule has 3 rings (SSSR count). The molecule has 1 aliphatic heterocycles. The molecule has 2 N–H and O–H groups in total. The molecule has 1 atom stereocenters. The summed E-state index contributed by atoms with van der Waals surface area (Å²) in [7, 11) is 0.